The highest BCUT2D eigenvalue weighted by Crippen LogP contribution is 2.24. The van der Waals surface area contributed by atoms with Crippen LogP contribution in [0.1, 0.15) is 17.7 Å². The van der Waals surface area contributed by atoms with Gasteiger partial charge in [-0.15, -0.1) is 0 Å². The van der Waals surface area contributed by atoms with E-state index in [1.165, 1.54) is 4.68 Å². The van der Waals surface area contributed by atoms with Gasteiger partial charge in [0.05, 0.1) is 0 Å². The normalized spacial score (nSPS) is 17.4. The van der Waals surface area contributed by atoms with Crippen LogP contribution in [0.15, 0.2) is 6.20 Å². The lowest BCUT2D eigenvalue weighted by atomic mass is 9.95. The molecule has 2 rings (SSSR count). The van der Waals surface area contributed by atoms with E-state index >= 15 is 0 Å². The Kier molecular flexibility index (Phi) is 2.50. The zero-order valence-corrected chi connectivity index (χ0v) is 8.00. The van der Waals surface area contributed by atoms with Crippen LogP contribution in [-0.4, -0.2) is 22.9 Å². The Morgan fingerprint density at radius 3 is 2.86 bits per heavy atom. The molecule has 1 N–H and O–H groups in total. The molecule has 0 radical (unpaired) electrons. The summed E-state index contributed by atoms with van der Waals surface area (Å²) < 4.78 is 26.5. The summed E-state index contributed by atoms with van der Waals surface area (Å²) in [5.74, 6) is 0.497. The molecule has 1 aromatic rings. The average Bonchev–Trinajstić information content (AvgIpc) is 2.39. The summed E-state index contributed by atoms with van der Waals surface area (Å²) in [6, 6.07) is 0. The Hall–Kier alpha value is -0.970. The molecule has 0 bridgehead atoms. The molecular formula is C9H13F2N3. The second-order valence-corrected chi connectivity index (χ2v) is 3.74. The van der Waals surface area contributed by atoms with Crippen molar-refractivity contribution in [3.63, 3.8) is 0 Å². The van der Waals surface area contributed by atoms with Crippen molar-refractivity contribution in [2.45, 2.75) is 12.8 Å². The molecule has 0 unspecified atom stereocenters. The smallest absolute Gasteiger partial charge is 0.282 e. The number of hydrogen-bond donors (Lipinski definition) is 1. The van der Waals surface area contributed by atoms with Gasteiger partial charge >= 0.3 is 0 Å². The van der Waals surface area contributed by atoms with E-state index in [1.807, 2.05) is 0 Å². The molecule has 0 atom stereocenters. The lowest BCUT2D eigenvalue weighted by molar-refractivity contribution is 0.143. The van der Waals surface area contributed by atoms with E-state index in [-0.39, 0.29) is 5.69 Å². The van der Waals surface area contributed by atoms with Crippen molar-refractivity contribution in [1.29, 1.82) is 0 Å². The molecule has 1 aromatic heterocycles. The van der Waals surface area contributed by atoms with E-state index in [0.29, 0.717) is 17.9 Å². The van der Waals surface area contributed by atoms with Crippen molar-refractivity contribution in [2.75, 3.05) is 13.1 Å². The SMILES string of the molecule is Cn1cc(CC2CNC2)c(C(F)F)n1. The van der Waals surface area contributed by atoms with Gasteiger partial charge in [0.15, 0.2) is 0 Å². The molecule has 1 aliphatic heterocycles. The zero-order chi connectivity index (χ0) is 10.1. The lowest BCUT2D eigenvalue weighted by Gasteiger charge is -2.26. The van der Waals surface area contributed by atoms with E-state index in [9.17, 15) is 8.78 Å². The van der Waals surface area contributed by atoms with Crippen molar-refractivity contribution in [2.24, 2.45) is 13.0 Å². The fourth-order valence-electron chi connectivity index (χ4n) is 1.70. The number of halogens is 2. The number of nitrogens with one attached hydrogen (secondary N) is 1. The Morgan fingerprint density at radius 2 is 2.36 bits per heavy atom. The maximum atomic E-state index is 12.5. The van der Waals surface area contributed by atoms with E-state index < -0.39 is 6.43 Å². The van der Waals surface area contributed by atoms with Gasteiger partial charge in [-0.2, -0.15) is 5.10 Å². The molecule has 0 aliphatic carbocycles. The molecular weight excluding hydrogens is 188 g/mol. The first kappa shape index (κ1) is 9.58. The second kappa shape index (κ2) is 3.65. The molecule has 5 heteroatoms. The number of aryl methyl sites for hydroxylation is 1. The number of aromatic nitrogens is 2. The third-order valence-corrected chi connectivity index (χ3v) is 2.52. The van der Waals surface area contributed by atoms with Crippen LogP contribution in [0.5, 0.6) is 0 Å². The molecule has 78 valence electrons. The summed E-state index contributed by atoms with van der Waals surface area (Å²) in [7, 11) is 1.68. The van der Waals surface area contributed by atoms with Crippen molar-refractivity contribution in [3.05, 3.63) is 17.5 Å². The van der Waals surface area contributed by atoms with E-state index in [1.54, 1.807) is 13.2 Å². The van der Waals surface area contributed by atoms with Gasteiger partial charge < -0.3 is 5.32 Å². The van der Waals surface area contributed by atoms with Gasteiger partial charge in [0.25, 0.3) is 6.43 Å². The van der Waals surface area contributed by atoms with Crippen molar-refractivity contribution in [1.82, 2.24) is 15.1 Å². The quantitative estimate of drug-likeness (QED) is 0.794. The Morgan fingerprint density at radius 1 is 1.64 bits per heavy atom. The van der Waals surface area contributed by atoms with Crippen LogP contribution in [0.4, 0.5) is 8.78 Å². The monoisotopic (exact) mass is 201 g/mol. The number of rotatable bonds is 3. The van der Waals surface area contributed by atoms with E-state index in [0.717, 1.165) is 13.1 Å². The highest BCUT2D eigenvalue weighted by molar-refractivity contribution is 5.19. The van der Waals surface area contributed by atoms with Crippen molar-refractivity contribution < 1.29 is 8.78 Å². The van der Waals surface area contributed by atoms with Crippen molar-refractivity contribution in [3.8, 4) is 0 Å². The first-order chi connectivity index (χ1) is 6.66. The Labute approximate surface area is 81.1 Å². The molecule has 14 heavy (non-hydrogen) atoms. The van der Waals surface area contributed by atoms with Crippen molar-refractivity contribution >= 4 is 0 Å². The molecule has 1 saturated heterocycles. The number of hydrogen-bond acceptors (Lipinski definition) is 2. The third kappa shape index (κ3) is 1.77. The topological polar surface area (TPSA) is 29.9 Å². The average molecular weight is 201 g/mol. The maximum absolute atomic E-state index is 12.5. The van der Waals surface area contributed by atoms with Crippen LogP contribution in [0, 0.1) is 5.92 Å². The van der Waals surface area contributed by atoms with Crippen LogP contribution in [0.25, 0.3) is 0 Å². The molecule has 0 amide bonds. The largest absolute Gasteiger partial charge is 0.316 e. The minimum atomic E-state index is -2.46. The van der Waals surface area contributed by atoms with Crippen LogP contribution in [0.3, 0.4) is 0 Å². The number of nitrogens with zero attached hydrogens (tertiary/aromatic N) is 2. The predicted octanol–water partition coefficient (Wildman–Crippen LogP) is 1.12. The minimum Gasteiger partial charge on any atom is -0.316 e. The summed E-state index contributed by atoms with van der Waals surface area (Å²) in [5.41, 5.74) is 0.633. The Bertz CT molecular complexity index is 318. The molecule has 0 spiro atoms. The predicted molar refractivity (Wildman–Crippen MR) is 48.2 cm³/mol. The van der Waals surface area contributed by atoms with Crippen LogP contribution in [0.2, 0.25) is 0 Å². The van der Waals surface area contributed by atoms with Gasteiger partial charge in [-0.3, -0.25) is 4.68 Å². The fraction of sp³-hybridized carbons (Fsp3) is 0.667. The summed E-state index contributed by atoms with van der Waals surface area (Å²) in [6.07, 6.45) is -0.0559. The molecule has 1 fully saturated rings. The summed E-state index contributed by atoms with van der Waals surface area (Å²) in [6.45, 7) is 1.86. The van der Waals surface area contributed by atoms with Crippen LogP contribution < -0.4 is 5.32 Å². The van der Waals surface area contributed by atoms with Crippen LogP contribution >= 0.6 is 0 Å². The maximum Gasteiger partial charge on any atom is 0.282 e. The first-order valence-electron chi connectivity index (χ1n) is 4.68. The molecule has 1 aliphatic rings. The fourth-order valence-corrected chi connectivity index (χ4v) is 1.70. The third-order valence-electron chi connectivity index (χ3n) is 2.52. The number of alkyl halides is 2. The Balaban J connectivity index is 2.13. The summed E-state index contributed by atoms with van der Waals surface area (Å²) in [5, 5.41) is 6.89. The summed E-state index contributed by atoms with van der Waals surface area (Å²) in [4.78, 5) is 0. The van der Waals surface area contributed by atoms with Gasteiger partial charge in [0, 0.05) is 13.2 Å². The van der Waals surface area contributed by atoms with Gasteiger partial charge in [-0.05, 0) is 31.0 Å². The lowest BCUT2D eigenvalue weighted by Crippen LogP contribution is -2.43. The van der Waals surface area contributed by atoms with E-state index in [4.69, 9.17) is 0 Å². The standard InChI is InChI=1S/C9H13F2N3/c1-14-5-7(2-6-3-12-4-6)8(13-14)9(10)11/h5-6,9,12H,2-4H2,1H3. The van der Waals surface area contributed by atoms with Gasteiger partial charge in [0.2, 0.25) is 0 Å². The van der Waals surface area contributed by atoms with Gasteiger partial charge in [0.1, 0.15) is 5.69 Å². The molecule has 3 nitrogen and oxygen atoms in total. The molecule has 0 saturated carbocycles. The van der Waals surface area contributed by atoms with Gasteiger partial charge in [-0.1, -0.05) is 0 Å². The molecule has 2 heterocycles. The first-order valence-corrected chi connectivity index (χ1v) is 4.68. The highest BCUT2D eigenvalue weighted by atomic mass is 19.3. The highest BCUT2D eigenvalue weighted by Gasteiger charge is 2.23. The van der Waals surface area contributed by atoms with E-state index in [2.05, 4.69) is 10.4 Å². The molecule has 0 aromatic carbocycles. The minimum absolute atomic E-state index is 0.0561. The van der Waals surface area contributed by atoms with Crippen LogP contribution in [-0.2, 0) is 13.5 Å². The zero-order valence-electron chi connectivity index (χ0n) is 8.00. The second-order valence-electron chi connectivity index (χ2n) is 3.74. The van der Waals surface area contributed by atoms with Gasteiger partial charge in [-0.25, -0.2) is 8.78 Å². The summed E-state index contributed by atoms with van der Waals surface area (Å²) >= 11 is 0.